The molecule has 0 saturated heterocycles. The van der Waals surface area contributed by atoms with Crippen molar-refractivity contribution in [2.45, 2.75) is 39.4 Å². The molecular formula is C24H26N2O. The Balaban J connectivity index is 1.54. The Bertz CT molecular complexity index is 909. The van der Waals surface area contributed by atoms with E-state index in [-0.39, 0.29) is 5.92 Å². The SMILES string of the molecule is Cc1ccccc1Cn1cccc1CN(Cc1ccccc1)C(=O)C1CC1. The highest BCUT2D eigenvalue weighted by atomic mass is 16.2. The van der Waals surface area contributed by atoms with E-state index in [0.29, 0.717) is 19.0 Å². The Hall–Kier alpha value is -2.81. The number of aromatic nitrogens is 1. The van der Waals surface area contributed by atoms with Gasteiger partial charge in [0.05, 0.1) is 6.54 Å². The maximum absolute atomic E-state index is 12.9. The topological polar surface area (TPSA) is 25.2 Å². The molecule has 3 nitrogen and oxygen atoms in total. The van der Waals surface area contributed by atoms with Crippen molar-refractivity contribution in [3.05, 3.63) is 95.3 Å². The van der Waals surface area contributed by atoms with Crippen LogP contribution in [0.2, 0.25) is 0 Å². The van der Waals surface area contributed by atoms with Gasteiger partial charge in [0.2, 0.25) is 5.91 Å². The number of aryl methyl sites for hydroxylation is 1. The van der Waals surface area contributed by atoms with E-state index in [1.807, 2.05) is 23.1 Å². The molecule has 1 aromatic heterocycles. The van der Waals surface area contributed by atoms with Crippen LogP contribution in [0.5, 0.6) is 0 Å². The zero-order valence-corrected chi connectivity index (χ0v) is 15.8. The number of hydrogen-bond acceptors (Lipinski definition) is 1. The average molecular weight is 358 g/mol. The minimum Gasteiger partial charge on any atom is -0.345 e. The Morgan fingerprint density at radius 3 is 2.44 bits per heavy atom. The van der Waals surface area contributed by atoms with Crippen LogP contribution in [-0.2, 0) is 24.4 Å². The summed E-state index contributed by atoms with van der Waals surface area (Å²) in [5.41, 5.74) is 4.98. The lowest BCUT2D eigenvalue weighted by Crippen LogP contribution is -2.32. The van der Waals surface area contributed by atoms with E-state index in [2.05, 4.69) is 66.2 Å². The first-order valence-corrected chi connectivity index (χ1v) is 9.72. The molecule has 0 radical (unpaired) electrons. The zero-order valence-electron chi connectivity index (χ0n) is 15.8. The molecule has 0 unspecified atom stereocenters. The summed E-state index contributed by atoms with van der Waals surface area (Å²) >= 11 is 0. The molecule has 1 aliphatic carbocycles. The first-order valence-electron chi connectivity index (χ1n) is 9.72. The van der Waals surface area contributed by atoms with Crippen LogP contribution in [0.3, 0.4) is 0 Å². The minimum atomic E-state index is 0.230. The lowest BCUT2D eigenvalue weighted by molar-refractivity contribution is -0.133. The van der Waals surface area contributed by atoms with Crippen molar-refractivity contribution >= 4 is 5.91 Å². The molecule has 1 saturated carbocycles. The summed E-state index contributed by atoms with van der Waals surface area (Å²) in [6, 6.07) is 23.0. The van der Waals surface area contributed by atoms with Crippen molar-refractivity contribution in [1.29, 1.82) is 0 Å². The molecule has 1 fully saturated rings. The first kappa shape index (κ1) is 17.6. The number of amides is 1. The van der Waals surface area contributed by atoms with Crippen LogP contribution in [0.4, 0.5) is 0 Å². The largest absolute Gasteiger partial charge is 0.345 e. The maximum Gasteiger partial charge on any atom is 0.226 e. The van der Waals surface area contributed by atoms with Crippen LogP contribution >= 0.6 is 0 Å². The van der Waals surface area contributed by atoms with Gasteiger partial charge >= 0.3 is 0 Å². The summed E-state index contributed by atoms with van der Waals surface area (Å²) in [5.74, 6) is 0.524. The van der Waals surface area contributed by atoms with Gasteiger partial charge in [0.1, 0.15) is 0 Å². The van der Waals surface area contributed by atoms with Crippen LogP contribution < -0.4 is 0 Å². The van der Waals surface area contributed by atoms with Gasteiger partial charge < -0.3 is 9.47 Å². The van der Waals surface area contributed by atoms with Crippen LogP contribution in [0.15, 0.2) is 72.9 Å². The number of rotatable bonds is 7. The Morgan fingerprint density at radius 2 is 1.70 bits per heavy atom. The molecule has 1 heterocycles. The Labute approximate surface area is 161 Å². The normalized spacial score (nSPS) is 13.5. The van der Waals surface area contributed by atoms with Gasteiger partial charge in [0.15, 0.2) is 0 Å². The highest BCUT2D eigenvalue weighted by Gasteiger charge is 2.33. The maximum atomic E-state index is 12.9. The molecule has 1 amide bonds. The van der Waals surface area contributed by atoms with E-state index in [4.69, 9.17) is 0 Å². The molecule has 1 aliphatic rings. The van der Waals surface area contributed by atoms with E-state index < -0.39 is 0 Å². The summed E-state index contributed by atoms with van der Waals surface area (Å²) in [6.07, 6.45) is 4.19. The summed E-state index contributed by atoms with van der Waals surface area (Å²) < 4.78 is 2.26. The average Bonchev–Trinajstić information content (AvgIpc) is 3.45. The molecule has 0 N–H and O–H groups in total. The first-order chi connectivity index (χ1) is 13.2. The van der Waals surface area contributed by atoms with Crippen molar-refractivity contribution < 1.29 is 4.79 Å². The van der Waals surface area contributed by atoms with E-state index in [1.54, 1.807) is 0 Å². The number of carbonyl (C=O) groups is 1. The summed E-state index contributed by atoms with van der Waals surface area (Å²) in [4.78, 5) is 14.9. The lowest BCUT2D eigenvalue weighted by atomic mass is 10.1. The van der Waals surface area contributed by atoms with E-state index in [0.717, 1.165) is 19.4 Å². The molecule has 2 aromatic carbocycles. The molecule has 0 atom stereocenters. The smallest absolute Gasteiger partial charge is 0.226 e. The van der Waals surface area contributed by atoms with Gasteiger partial charge in [-0.25, -0.2) is 0 Å². The van der Waals surface area contributed by atoms with Crippen LogP contribution in [0, 0.1) is 12.8 Å². The third-order valence-corrected chi connectivity index (χ3v) is 5.33. The summed E-state index contributed by atoms with van der Waals surface area (Å²) in [5, 5.41) is 0. The van der Waals surface area contributed by atoms with Crippen LogP contribution in [-0.4, -0.2) is 15.4 Å². The van der Waals surface area contributed by atoms with Gasteiger partial charge in [-0.15, -0.1) is 0 Å². The molecule has 4 rings (SSSR count). The molecule has 0 spiro atoms. The monoisotopic (exact) mass is 358 g/mol. The van der Waals surface area contributed by atoms with Gasteiger partial charge in [-0.2, -0.15) is 0 Å². The Morgan fingerprint density at radius 1 is 0.963 bits per heavy atom. The standard InChI is InChI=1S/C24H26N2O/c1-19-8-5-6-11-22(19)17-25-15-7-12-23(25)18-26(24(27)21-13-14-21)16-20-9-3-2-4-10-20/h2-12,15,21H,13-14,16-18H2,1H3. The summed E-state index contributed by atoms with van der Waals surface area (Å²) in [7, 11) is 0. The van der Waals surface area contributed by atoms with Gasteiger partial charge in [-0.3, -0.25) is 4.79 Å². The fraction of sp³-hybridized carbons (Fsp3) is 0.292. The number of carbonyl (C=O) groups excluding carboxylic acids is 1. The molecule has 27 heavy (non-hydrogen) atoms. The number of benzene rings is 2. The lowest BCUT2D eigenvalue weighted by Gasteiger charge is -2.24. The van der Waals surface area contributed by atoms with Crippen molar-refractivity contribution in [2.24, 2.45) is 5.92 Å². The van der Waals surface area contributed by atoms with Crippen molar-refractivity contribution in [3.63, 3.8) is 0 Å². The fourth-order valence-corrected chi connectivity index (χ4v) is 3.52. The van der Waals surface area contributed by atoms with E-state index in [9.17, 15) is 4.79 Å². The van der Waals surface area contributed by atoms with Gasteiger partial charge in [0, 0.05) is 30.9 Å². The molecule has 0 aliphatic heterocycles. The molecule has 138 valence electrons. The third kappa shape index (κ3) is 4.30. The minimum absolute atomic E-state index is 0.230. The number of hydrogen-bond donors (Lipinski definition) is 0. The second-order valence-electron chi connectivity index (χ2n) is 7.51. The highest BCUT2D eigenvalue weighted by Crippen LogP contribution is 2.32. The van der Waals surface area contributed by atoms with Crippen LogP contribution in [0.25, 0.3) is 0 Å². The van der Waals surface area contributed by atoms with Crippen molar-refractivity contribution in [3.8, 4) is 0 Å². The second kappa shape index (κ2) is 7.83. The van der Waals surface area contributed by atoms with Crippen LogP contribution in [0.1, 0.15) is 35.2 Å². The molecule has 3 heteroatoms. The second-order valence-corrected chi connectivity index (χ2v) is 7.51. The third-order valence-electron chi connectivity index (χ3n) is 5.33. The molecular weight excluding hydrogens is 332 g/mol. The molecule has 3 aromatic rings. The zero-order chi connectivity index (χ0) is 18.6. The van der Waals surface area contributed by atoms with Crippen molar-refractivity contribution in [1.82, 2.24) is 9.47 Å². The predicted octanol–water partition coefficient (Wildman–Crippen LogP) is 4.78. The molecule has 0 bridgehead atoms. The predicted molar refractivity (Wildman–Crippen MR) is 108 cm³/mol. The van der Waals surface area contributed by atoms with Crippen molar-refractivity contribution in [2.75, 3.05) is 0 Å². The Kier molecular flexibility index (Phi) is 5.10. The number of nitrogens with zero attached hydrogens (tertiary/aromatic N) is 2. The van der Waals surface area contributed by atoms with E-state index in [1.165, 1.54) is 22.4 Å². The van der Waals surface area contributed by atoms with Gasteiger partial charge in [-0.1, -0.05) is 54.6 Å². The van der Waals surface area contributed by atoms with Gasteiger partial charge in [0.25, 0.3) is 0 Å². The fourth-order valence-electron chi connectivity index (χ4n) is 3.52. The van der Waals surface area contributed by atoms with E-state index >= 15 is 0 Å². The highest BCUT2D eigenvalue weighted by molar-refractivity contribution is 5.81. The van der Waals surface area contributed by atoms with Gasteiger partial charge in [-0.05, 0) is 48.6 Å². The summed E-state index contributed by atoms with van der Waals surface area (Å²) in [6.45, 7) is 4.32. The quantitative estimate of drug-likeness (QED) is 0.596.